The highest BCUT2D eigenvalue weighted by Crippen LogP contribution is 2.12. The lowest BCUT2D eigenvalue weighted by Gasteiger charge is -2.34. The summed E-state index contributed by atoms with van der Waals surface area (Å²) in [6.07, 6.45) is 1.14. The molecule has 0 spiro atoms. The summed E-state index contributed by atoms with van der Waals surface area (Å²) in [4.78, 5) is 38.1. The molecule has 20 heavy (non-hydrogen) atoms. The minimum absolute atomic E-state index is 0.00531. The van der Waals surface area contributed by atoms with Crippen molar-refractivity contribution in [2.45, 2.75) is 0 Å². The van der Waals surface area contributed by atoms with Gasteiger partial charge in [-0.25, -0.2) is 18.1 Å². The van der Waals surface area contributed by atoms with Gasteiger partial charge in [0, 0.05) is 33.2 Å². The smallest absolute Gasteiger partial charge is 0.283 e. The zero-order valence-electron chi connectivity index (χ0n) is 11.3. The third-order valence-electron chi connectivity index (χ3n) is 3.39. The third-order valence-corrected chi connectivity index (χ3v) is 4.70. The Bertz CT molecular complexity index is 552. The molecule has 0 unspecified atom stereocenters. The van der Waals surface area contributed by atoms with E-state index in [1.54, 1.807) is 4.90 Å². The van der Waals surface area contributed by atoms with Crippen LogP contribution in [0.3, 0.4) is 0 Å². The van der Waals surface area contributed by atoms with Gasteiger partial charge in [0.25, 0.3) is 0 Å². The molecule has 0 atom stereocenters. The number of amides is 4. The fourth-order valence-corrected chi connectivity index (χ4v) is 2.97. The van der Waals surface area contributed by atoms with E-state index in [-0.39, 0.29) is 6.67 Å². The lowest BCUT2D eigenvalue weighted by molar-refractivity contribution is -0.143. The lowest BCUT2D eigenvalue weighted by atomic mass is 10.4. The SMILES string of the molecule is CN1C(=O)C(=O)N(CN2CCN(S(C)(=O)=O)CC2)C1=O. The van der Waals surface area contributed by atoms with Crippen LogP contribution in [0.15, 0.2) is 0 Å². The molecule has 10 heteroatoms. The van der Waals surface area contributed by atoms with Gasteiger partial charge < -0.3 is 0 Å². The van der Waals surface area contributed by atoms with Crippen LogP contribution >= 0.6 is 0 Å². The molecule has 112 valence electrons. The Balaban J connectivity index is 1.95. The number of imide groups is 2. The van der Waals surface area contributed by atoms with Gasteiger partial charge in [-0.1, -0.05) is 0 Å². The van der Waals surface area contributed by atoms with Crippen LogP contribution in [0, 0.1) is 0 Å². The van der Waals surface area contributed by atoms with Gasteiger partial charge >= 0.3 is 17.8 Å². The second-order valence-electron chi connectivity index (χ2n) is 4.80. The van der Waals surface area contributed by atoms with E-state index in [2.05, 4.69) is 0 Å². The normalized spacial score (nSPS) is 23.0. The van der Waals surface area contributed by atoms with Gasteiger partial charge in [0.2, 0.25) is 10.0 Å². The van der Waals surface area contributed by atoms with Crippen molar-refractivity contribution in [1.29, 1.82) is 0 Å². The second kappa shape index (κ2) is 5.11. The number of carbonyl (C=O) groups is 3. The number of hydrogen-bond donors (Lipinski definition) is 0. The number of sulfonamides is 1. The first-order valence-corrected chi connectivity index (χ1v) is 7.87. The fourth-order valence-electron chi connectivity index (χ4n) is 2.14. The highest BCUT2D eigenvalue weighted by Gasteiger charge is 2.43. The Morgan fingerprint density at radius 3 is 1.95 bits per heavy atom. The van der Waals surface area contributed by atoms with Crippen LogP contribution < -0.4 is 0 Å². The monoisotopic (exact) mass is 304 g/mol. The van der Waals surface area contributed by atoms with Gasteiger partial charge in [0.1, 0.15) is 0 Å². The van der Waals surface area contributed by atoms with Crippen LogP contribution in [-0.4, -0.2) is 91.4 Å². The van der Waals surface area contributed by atoms with Gasteiger partial charge in [0.05, 0.1) is 12.9 Å². The standard InChI is InChI=1S/C10H16N4O5S/c1-11-8(15)9(16)14(10(11)17)7-12-3-5-13(6-4-12)20(2,18)19/h3-7H2,1-2H3. The van der Waals surface area contributed by atoms with E-state index in [1.165, 1.54) is 11.4 Å². The van der Waals surface area contributed by atoms with Crippen molar-refractivity contribution in [1.82, 2.24) is 19.0 Å². The zero-order valence-corrected chi connectivity index (χ0v) is 12.1. The Hall–Kier alpha value is -1.52. The van der Waals surface area contributed by atoms with Gasteiger partial charge in [-0.15, -0.1) is 0 Å². The van der Waals surface area contributed by atoms with E-state index in [4.69, 9.17) is 0 Å². The van der Waals surface area contributed by atoms with Gasteiger partial charge in [-0.05, 0) is 0 Å². The Morgan fingerprint density at radius 1 is 1.00 bits per heavy atom. The average Bonchev–Trinajstić information content (AvgIpc) is 2.56. The van der Waals surface area contributed by atoms with E-state index < -0.39 is 27.9 Å². The number of hydrogen-bond acceptors (Lipinski definition) is 6. The maximum atomic E-state index is 11.7. The molecule has 2 aliphatic heterocycles. The number of likely N-dealkylation sites (N-methyl/N-ethyl adjacent to an activating group) is 1. The molecule has 2 saturated heterocycles. The van der Waals surface area contributed by atoms with E-state index in [1.807, 2.05) is 0 Å². The summed E-state index contributed by atoms with van der Waals surface area (Å²) in [5.41, 5.74) is 0. The zero-order chi connectivity index (χ0) is 15.1. The maximum Gasteiger partial charge on any atom is 0.335 e. The molecule has 0 bridgehead atoms. The summed E-state index contributed by atoms with van der Waals surface area (Å²) in [5.74, 6) is -1.69. The molecule has 0 saturated carbocycles. The number of rotatable bonds is 3. The van der Waals surface area contributed by atoms with Crippen molar-refractivity contribution in [3.63, 3.8) is 0 Å². The first-order chi connectivity index (χ1) is 9.21. The molecule has 0 aliphatic carbocycles. The first-order valence-electron chi connectivity index (χ1n) is 6.03. The molecule has 0 aromatic rings. The Kier molecular flexibility index (Phi) is 3.80. The quantitative estimate of drug-likeness (QED) is 0.439. The molecular formula is C10H16N4O5S. The van der Waals surface area contributed by atoms with E-state index in [9.17, 15) is 22.8 Å². The lowest BCUT2D eigenvalue weighted by Crippen LogP contribution is -2.52. The first kappa shape index (κ1) is 14.9. The van der Waals surface area contributed by atoms with E-state index in [0.717, 1.165) is 16.1 Å². The molecule has 0 aromatic carbocycles. The maximum absolute atomic E-state index is 11.7. The van der Waals surface area contributed by atoms with Gasteiger partial charge in [0.15, 0.2) is 0 Å². The number of nitrogens with zero attached hydrogens (tertiary/aromatic N) is 4. The molecule has 0 N–H and O–H groups in total. The molecule has 0 aromatic heterocycles. The molecule has 2 rings (SSSR count). The number of piperazine rings is 1. The van der Waals surface area contributed by atoms with Crippen molar-refractivity contribution < 1.29 is 22.8 Å². The molecule has 4 amide bonds. The fraction of sp³-hybridized carbons (Fsp3) is 0.700. The van der Waals surface area contributed by atoms with Crippen molar-refractivity contribution >= 4 is 27.9 Å². The number of carbonyl (C=O) groups excluding carboxylic acids is 3. The summed E-state index contributed by atoms with van der Waals surface area (Å²) < 4.78 is 24.1. The largest absolute Gasteiger partial charge is 0.335 e. The predicted molar refractivity (Wildman–Crippen MR) is 67.9 cm³/mol. The van der Waals surface area contributed by atoms with Crippen molar-refractivity contribution in [2.24, 2.45) is 0 Å². The molecule has 2 fully saturated rings. The van der Waals surface area contributed by atoms with Crippen LogP contribution in [0.2, 0.25) is 0 Å². The average molecular weight is 304 g/mol. The van der Waals surface area contributed by atoms with Crippen LogP contribution in [0.4, 0.5) is 4.79 Å². The van der Waals surface area contributed by atoms with E-state index in [0.29, 0.717) is 26.2 Å². The minimum atomic E-state index is -3.22. The molecule has 9 nitrogen and oxygen atoms in total. The predicted octanol–water partition coefficient (Wildman–Crippen LogP) is -2.06. The Morgan fingerprint density at radius 2 is 1.55 bits per heavy atom. The summed E-state index contributed by atoms with van der Waals surface area (Å²) >= 11 is 0. The topological polar surface area (TPSA) is 98.3 Å². The summed E-state index contributed by atoms with van der Waals surface area (Å²) in [5, 5.41) is 0. The second-order valence-corrected chi connectivity index (χ2v) is 6.78. The van der Waals surface area contributed by atoms with E-state index >= 15 is 0 Å². The third kappa shape index (κ3) is 2.67. The number of urea groups is 1. The highest BCUT2D eigenvalue weighted by molar-refractivity contribution is 7.88. The van der Waals surface area contributed by atoms with Crippen LogP contribution in [0.25, 0.3) is 0 Å². The molecule has 2 heterocycles. The van der Waals surface area contributed by atoms with Crippen molar-refractivity contribution in [2.75, 3.05) is 46.2 Å². The van der Waals surface area contributed by atoms with Crippen LogP contribution in [-0.2, 0) is 19.6 Å². The van der Waals surface area contributed by atoms with Crippen LogP contribution in [0.5, 0.6) is 0 Å². The van der Waals surface area contributed by atoms with Crippen LogP contribution in [0.1, 0.15) is 0 Å². The molecule has 0 radical (unpaired) electrons. The van der Waals surface area contributed by atoms with Gasteiger partial charge in [-0.3, -0.25) is 19.4 Å². The Labute approximate surface area is 116 Å². The van der Waals surface area contributed by atoms with Crippen molar-refractivity contribution in [3.05, 3.63) is 0 Å². The summed E-state index contributed by atoms with van der Waals surface area (Å²) in [6, 6.07) is -0.648. The van der Waals surface area contributed by atoms with Gasteiger partial charge in [-0.2, -0.15) is 4.31 Å². The molecule has 2 aliphatic rings. The minimum Gasteiger partial charge on any atom is -0.283 e. The van der Waals surface area contributed by atoms with Crippen molar-refractivity contribution in [3.8, 4) is 0 Å². The highest BCUT2D eigenvalue weighted by atomic mass is 32.2. The summed E-state index contributed by atoms with van der Waals surface area (Å²) in [7, 11) is -1.96. The summed E-state index contributed by atoms with van der Waals surface area (Å²) in [6.45, 7) is 1.42. The molecular weight excluding hydrogens is 288 g/mol.